The van der Waals surface area contributed by atoms with Crippen LogP contribution < -0.4 is 11.1 Å². The fraction of sp³-hybridized carbons (Fsp3) is 0.280. The highest BCUT2D eigenvalue weighted by atomic mass is 19.4. The van der Waals surface area contributed by atoms with Crippen molar-refractivity contribution in [3.05, 3.63) is 94.4 Å². The van der Waals surface area contributed by atoms with Gasteiger partial charge in [0.15, 0.2) is 11.5 Å². The summed E-state index contributed by atoms with van der Waals surface area (Å²) >= 11 is 0. The van der Waals surface area contributed by atoms with Crippen LogP contribution in [0.4, 0.5) is 17.6 Å². The van der Waals surface area contributed by atoms with Crippen molar-refractivity contribution in [1.82, 2.24) is 15.0 Å². The van der Waals surface area contributed by atoms with Crippen LogP contribution in [0.2, 0.25) is 0 Å². The highest BCUT2D eigenvalue weighted by Crippen LogP contribution is 2.36. The SMILES string of the molecule is CCC(NC(=O)c1c(CN)on1C1=CC=CC(OC)c2nc(C(F)(F)F)ccc21)c1ccccc1F. The molecular formula is C25H24F4N4O3. The maximum Gasteiger partial charge on any atom is 0.433 e. The van der Waals surface area contributed by atoms with Gasteiger partial charge in [0.05, 0.1) is 24.0 Å². The van der Waals surface area contributed by atoms with E-state index in [9.17, 15) is 22.4 Å². The molecular weight excluding hydrogens is 480 g/mol. The minimum absolute atomic E-state index is 0.00896. The molecule has 1 aromatic carbocycles. The predicted octanol–water partition coefficient (Wildman–Crippen LogP) is 5.12. The Morgan fingerprint density at radius 1 is 1.28 bits per heavy atom. The minimum Gasteiger partial charge on any atom is -0.375 e. The number of nitrogens with zero attached hydrogens (tertiary/aromatic N) is 2. The van der Waals surface area contributed by atoms with Crippen molar-refractivity contribution in [2.75, 3.05) is 7.11 Å². The first kappa shape index (κ1) is 25.4. The molecule has 4 rings (SSSR count). The number of methoxy groups -OCH3 is 1. The first-order chi connectivity index (χ1) is 17.2. The summed E-state index contributed by atoms with van der Waals surface area (Å²) in [6.45, 7) is 1.70. The Morgan fingerprint density at radius 3 is 2.67 bits per heavy atom. The van der Waals surface area contributed by atoms with Gasteiger partial charge in [-0.3, -0.25) is 4.79 Å². The maximum atomic E-state index is 14.3. The highest BCUT2D eigenvalue weighted by Gasteiger charge is 2.36. The van der Waals surface area contributed by atoms with Crippen LogP contribution in [-0.2, 0) is 17.5 Å². The lowest BCUT2D eigenvalue weighted by Crippen LogP contribution is -2.34. The topological polar surface area (TPSA) is 95.3 Å². The van der Waals surface area contributed by atoms with Crippen molar-refractivity contribution in [3.8, 4) is 0 Å². The molecule has 0 spiro atoms. The molecule has 2 unspecified atom stereocenters. The van der Waals surface area contributed by atoms with Crippen LogP contribution in [0, 0.1) is 5.82 Å². The molecule has 190 valence electrons. The quantitative estimate of drug-likeness (QED) is 0.436. The van der Waals surface area contributed by atoms with Crippen molar-refractivity contribution < 1.29 is 31.6 Å². The molecule has 2 aromatic heterocycles. The van der Waals surface area contributed by atoms with E-state index in [4.69, 9.17) is 15.0 Å². The van der Waals surface area contributed by atoms with Gasteiger partial charge in [0.25, 0.3) is 5.91 Å². The molecule has 0 bridgehead atoms. The number of carbonyl (C=O) groups excluding carboxylic acids is 1. The maximum absolute atomic E-state index is 14.3. The Hall–Kier alpha value is -3.70. The van der Waals surface area contributed by atoms with Gasteiger partial charge < -0.3 is 20.3 Å². The van der Waals surface area contributed by atoms with Crippen LogP contribution in [0.1, 0.15) is 64.3 Å². The molecule has 2 atom stereocenters. The molecule has 2 heterocycles. The van der Waals surface area contributed by atoms with E-state index in [1.165, 1.54) is 30.1 Å². The predicted molar refractivity (Wildman–Crippen MR) is 123 cm³/mol. The molecule has 36 heavy (non-hydrogen) atoms. The van der Waals surface area contributed by atoms with Crippen molar-refractivity contribution in [2.45, 2.75) is 38.2 Å². The first-order valence-electron chi connectivity index (χ1n) is 11.2. The Bertz CT molecular complexity index is 1320. The number of pyridine rings is 1. The average Bonchev–Trinajstić information content (AvgIpc) is 3.01. The number of hydrogen-bond donors (Lipinski definition) is 2. The summed E-state index contributed by atoms with van der Waals surface area (Å²) in [5.74, 6) is -0.854. The van der Waals surface area contributed by atoms with Gasteiger partial charge in [-0.1, -0.05) is 31.2 Å². The summed E-state index contributed by atoms with van der Waals surface area (Å²) < 4.78 is 66.5. The molecule has 0 radical (unpaired) electrons. The van der Waals surface area contributed by atoms with Gasteiger partial charge in [-0.15, -0.1) is 0 Å². The summed E-state index contributed by atoms with van der Waals surface area (Å²) in [5.41, 5.74) is 5.62. The normalized spacial score (nSPS) is 16.3. The van der Waals surface area contributed by atoms with Gasteiger partial charge in [0.1, 0.15) is 17.6 Å². The second-order valence-corrected chi connectivity index (χ2v) is 8.04. The number of amides is 1. The third-order valence-corrected chi connectivity index (χ3v) is 5.84. The fourth-order valence-electron chi connectivity index (χ4n) is 4.04. The molecule has 7 nitrogen and oxygen atoms in total. The van der Waals surface area contributed by atoms with Crippen LogP contribution in [0.15, 0.2) is 59.1 Å². The molecule has 0 saturated carbocycles. The number of aromatic nitrogens is 2. The summed E-state index contributed by atoms with van der Waals surface area (Å²) in [6.07, 6.45) is -0.421. The largest absolute Gasteiger partial charge is 0.433 e. The van der Waals surface area contributed by atoms with E-state index in [1.54, 1.807) is 37.3 Å². The summed E-state index contributed by atoms with van der Waals surface area (Å²) in [5, 5.41) is 2.80. The number of nitrogens with two attached hydrogens (primary N) is 1. The number of rotatable bonds is 7. The Kier molecular flexibility index (Phi) is 7.14. The Balaban J connectivity index is 1.74. The monoisotopic (exact) mass is 504 g/mol. The zero-order valence-corrected chi connectivity index (χ0v) is 19.5. The zero-order chi connectivity index (χ0) is 26.0. The fourth-order valence-corrected chi connectivity index (χ4v) is 4.04. The number of nitrogens with one attached hydrogen (secondary N) is 1. The molecule has 1 aliphatic carbocycles. The smallest absolute Gasteiger partial charge is 0.375 e. The van der Waals surface area contributed by atoms with Crippen LogP contribution >= 0.6 is 0 Å². The van der Waals surface area contributed by atoms with E-state index >= 15 is 0 Å². The lowest BCUT2D eigenvalue weighted by Gasteiger charge is -2.25. The second-order valence-electron chi connectivity index (χ2n) is 8.04. The van der Waals surface area contributed by atoms with Gasteiger partial charge in [0.2, 0.25) is 0 Å². The van der Waals surface area contributed by atoms with E-state index in [0.717, 1.165) is 6.07 Å². The van der Waals surface area contributed by atoms with Crippen molar-refractivity contribution in [2.24, 2.45) is 5.73 Å². The Labute approximate surface area is 204 Å². The van der Waals surface area contributed by atoms with E-state index in [1.807, 2.05) is 0 Å². The van der Waals surface area contributed by atoms with Crippen molar-refractivity contribution in [1.29, 1.82) is 0 Å². The van der Waals surface area contributed by atoms with E-state index in [2.05, 4.69) is 10.3 Å². The van der Waals surface area contributed by atoms with Crippen molar-refractivity contribution >= 4 is 11.6 Å². The summed E-state index contributed by atoms with van der Waals surface area (Å²) in [7, 11) is 1.35. The third kappa shape index (κ3) is 4.71. The number of carbonyl (C=O) groups is 1. The molecule has 11 heteroatoms. The number of benzene rings is 1. The number of fused-ring (bicyclic) bond motifs is 1. The summed E-state index contributed by atoms with van der Waals surface area (Å²) in [6, 6.07) is 7.59. The molecule has 0 fully saturated rings. The van der Waals surface area contributed by atoms with Crippen LogP contribution in [-0.4, -0.2) is 22.7 Å². The van der Waals surface area contributed by atoms with Crippen molar-refractivity contribution in [3.63, 3.8) is 0 Å². The summed E-state index contributed by atoms with van der Waals surface area (Å²) in [4.78, 5) is 17.1. The van der Waals surface area contributed by atoms with Gasteiger partial charge in [0, 0.05) is 18.2 Å². The van der Waals surface area contributed by atoms with Gasteiger partial charge in [-0.2, -0.15) is 17.9 Å². The number of hydrogen-bond acceptors (Lipinski definition) is 5. The molecule has 1 amide bonds. The molecule has 1 aliphatic rings. The van der Waals surface area contributed by atoms with Crippen LogP contribution in [0.3, 0.4) is 0 Å². The van der Waals surface area contributed by atoms with Gasteiger partial charge in [-0.25, -0.2) is 9.37 Å². The average molecular weight is 504 g/mol. The number of allylic oxidation sites excluding steroid dienone is 2. The number of ether oxygens (including phenoxy) is 1. The highest BCUT2D eigenvalue weighted by molar-refractivity contribution is 5.96. The van der Waals surface area contributed by atoms with Gasteiger partial charge >= 0.3 is 6.18 Å². The van der Waals surface area contributed by atoms with E-state index in [0.29, 0.717) is 12.0 Å². The second kappa shape index (κ2) is 10.1. The molecule has 3 N–H and O–H groups in total. The molecule has 0 saturated heterocycles. The number of alkyl halides is 3. The van der Waals surface area contributed by atoms with Crippen LogP contribution in [0.5, 0.6) is 0 Å². The number of halogens is 4. The lowest BCUT2D eigenvalue weighted by atomic mass is 10.0. The van der Waals surface area contributed by atoms with Crippen LogP contribution in [0.25, 0.3) is 5.70 Å². The molecule has 0 aliphatic heterocycles. The lowest BCUT2D eigenvalue weighted by molar-refractivity contribution is -0.141. The first-order valence-corrected chi connectivity index (χ1v) is 11.2. The molecule has 3 aromatic rings. The Morgan fingerprint density at radius 2 is 2.03 bits per heavy atom. The van der Waals surface area contributed by atoms with E-state index in [-0.39, 0.29) is 35.0 Å². The minimum atomic E-state index is -4.65. The third-order valence-electron chi connectivity index (χ3n) is 5.84. The zero-order valence-electron chi connectivity index (χ0n) is 19.5. The van der Waals surface area contributed by atoms with Gasteiger partial charge in [-0.05, 0) is 36.8 Å². The van der Waals surface area contributed by atoms with E-state index < -0.39 is 35.7 Å². The standard InChI is InChI=1S/C25H24F4N4O3/c1-3-17(14-7-4-5-8-16(14)26)31-24(34)23-20(13-30)36-33(23)18-9-6-10-19(35-2)22-15(18)11-12-21(32-22)25(27,28)29/h4-12,17,19H,3,13,30H2,1-2H3,(H,31,34).